The fraction of sp³-hybridized carbons (Fsp3) is 0.364. The molecule has 0 aliphatic carbocycles. The van der Waals surface area contributed by atoms with Gasteiger partial charge in [-0.3, -0.25) is 14.9 Å². The van der Waals surface area contributed by atoms with Crippen LogP contribution in [0, 0.1) is 10.1 Å². The Morgan fingerprint density at radius 2 is 2.11 bits per heavy atom. The van der Waals surface area contributed by atoms with Gasteiger partial charge < -0.3 is 10.0 Å². The minimum Gasteiger partial charge on any atom is -0.395 e. The van der Waals surface area contributed by atoms with Crippen LogP contribution in [0.2, 0.25) is 0 Å². The maximum absolute atomic E-state index is 11.6. The van der Waals surface area contributed by atoms with Crippen molar-refractivity contribution in [1.29, 1.82) is 0 Å². The number of β-amino-alcohol motifs (C(OH)–C–C–N with tert-alkyl or cyclic N) is 1. The highest BCUT2D eigenvalue weighted by Crippen LogP contribution is 2.38. The summed E-state index contributed by atoms with van der Waals surface area (Å²) in [6, 6.07) is 6.16. The number of non-ortho nitro benzene ring substituents is 1. The van der Waals surface area contributed by atoms with Gasteiger partial charge in [0.2, 0.25) is 5.91 Å². The molecule has 0 aromatic heterocycles. The van der Waals surface area contributed by atoms with E-state index in [0.717, 1.165) is 5.56 Å². The Balaban J connectivity index is 2.20. The van der Waals surface area contributed by atoms with E-state index in [9.17, 15) is 14.9 Å². The molecule has 1 N–H and O–H groups in total. The molecule has 1 atom stereocenters. The van der Waals surface area contributed by atoms with Crippen LogP contribution in [0.4, 0.5) is 5.69 Å². The summed E-state index contributed by atoms with van der Waals surface area (Å²) in [5, 5.41) is 19.3. The van der Waals surface area contributed by atoms with Crippen molar-refractivity contribution in [3.8, 4) is 0 Å². The van der Waals surface area contributed by atoms with E-state index >= 15 is 0 Å². The SMILES string of the molecule is O=C1CS[C@H](c2ccc([N+](=O)[O-])cc2)N1CCO. The summed E-state index contributed by atoms with van der Waals surface area (Å²) in [6.07, 6.45) is 0. The van der Waals surface area contributed by atoms with Gasteiger partial charge in [-0.15, -0.1) is 11.8 Å². The van der Waals surface area contributed by atoms with Gasteiger partial charge in [0.25, 0.3) is 5.69 Å². The molecule has 96 valence electrons. The quantitative estimate of drug-likeness (QED) is 0.654. The minimum absolute atomic E-state index is 0.0163. The molecule has 1 aromatic carbocycles. The van der Waals surface area contributed by atoms with Crippen molar-refractivity contribution in [2.75, 3.05) is 18.9 Å². The van der Waals surface area contributed by atoms with E-state index in [-0.39, 0.29) is 30.1 Å². The zero-order chi connectivity index (χ0) is 13.1. The lowest BCUT2D eigenvalue weighted by Gasteiger charge is -2.23. The van der Waals surface area contributed by atoms with E-state index in [1.54, 1.807) is 17.0 Å². The molecule has 0 unspecified atom stereocenters. The third-order valence-corrected chi connectivity index (χ3v) is 3.95. The van der Waals surface area contributed by atoms with E-state index < -0.39 is 4.92 Å². The molecule has 1 heterocycles. The lowest BCUT2D eigenvalue weighted by atomic mass is 10.2. The number of amides is 1. The average molecular weight is 268 g/mol. The summed E-state index contributed by atoms with van der Waals surface area (Å²) in [5.74, 6) is 0.360. The Morgan fingerprint density at radius 1 is 1.44 bits per heavy atom. The highest BCUT2D eigenvalue weighted by Gasteiger charge is 2.32. The largest absolute Gasteiger partial charge is 0.395 e. The topological polar surface area (TPSA) is 83.7 Å². The second-order valence-corrected chi connectivity index (χ2v) is 4.89. The molecule has 0 spiro atoms. The molecule has 6 nitrogen and oxygen atoms in total. The van der Waals surface area contributed by atoms with Gasteiger partial charge in [0.15, 0.2) is 0 Å². The molecule has 0 saturated carbocycles. The van der Waals surface area contributed by atoms with Crippen molar-refractivity contribution in [2.24, 2.45) is 0 Å². The fourth-order valence-electron chi connectivity index (χ4n) is 1.84. The maximum atomic E-state index is 11.6. The first kappa shape index (κ1) is 12.8. The predicted octanol–water partition coefficient (Wildman–Crippen LogP) is 1.16. The van der Waals surface area contributed by atoms with E-state index in [4.69, 9.17) is 5.11 Å². The van der Waals surface area contributed by atoms with Gasteiger partial charge in [-0.05, 0) is 17.7 Å². The third kappa shape index (κ3) is 2.46. The first-order valence-corrected chi connectivity index (χ1v) is 6.44. The second-order valence-electron chi connectivity index (χ2n) is 3.82. The van der Waals surface area contributed by atoms with Crippen molar-refractivity contribution in [2.45, 2.75) is 5.37 Å². The van der Waals surface area contributed by atoms with Crippen LogP contribution in [0.3, 0.4) is 0 Å². The summed E-state index contributed by atoms with van der Waals surface area (Å²) in [4.78, 5) is 23.3. The minimum atomic E-state index is -0.456. The molecule has 18 heavy (non-hydrogen) atoms. The van der Waals surface area contributed by atoms with Crippen LogP contribution in [-0.2, 0) is 4.79 Å². The maximum Gasteiger partial charge on any atom is 0.269 e. The number of nitro benzene ring substituents is 1. The van der Waals surface area contributed by atoms with Crippen LogP contribution in [0.1, 0.15) is 10.9 Å². The van der Waals surface area contributed by atoms with Crippen molar-refractivity contribution < 1.29 is 14.8 Å². The molecule has 1 fully saturated rings. The van der Waals surface area contributed by atoms with E-state index in [2.05, 4.69) is 0 Å². The number of hydrogen-bond acceptors (Lipinski definition) is 5. The summed E-state index contributed by atoms with van der Waals surface area (Å²) in [6.45, 7) is 0.198. The van der Waals surface area contributed by atoms with Crippen LogP contribution in [0.25, 0.3) is 0 Å². The highest BCUT2D eigenvalue weighted by atomic mass is 32.2. The number of nitrogens with zero attached hydrogens (tertiary/aromatic N) is 2. The lowest BCUT2D eigenvalue weighted by molar-refractivity contribution is -0.384. The number of aliphatic hydroxyl groups excluding tert-OH is 1. The zero-order valence-electron chi connectivity index (χ0n) is 9.48. The summed E-state index contributed by atoms with van der Waals surface area (Å²) < 4.78 is 0. The number of benzene rings is 1. The van der Waals surface area contributed by atoms with Crippen molar-refractivity contribution in [3.05, 3.63) is 39.9 Å². The lowest BCUT2D eigenvalue weighted by Crippen LogP contribution is -2.30. The molecule has 1 aromatic rings. The number of thioether (sulfide) groups is 1. The molecule has 0 radical (unpaired) electrons. The van der Waals surface area contributed by atoms with E-state index in [0.29, 0.717) is 5.75 Å². The first-order valence-electron chi connectivity index (χ1n) is 5.40. The molecule has 1 aliphatic rings. The summed E-state index contributed by atoms with van der Waals surface area (Å²) in [7, 11) is 0. The Bertz CT molecular complexity index is 463. The number of carbonyl (C=O) groups is 1. The van der Waals surface area contributed by atoms with Crippen LogP contribution in [0.5, 0.6) is 0 Å². The Labute approximate surface area is 108 Å². The second kappa shape index (κ2) is 5.36. The van der Waals surface area contributed by atoms with Crippen LogP contribution in [-0.4, -0.2) is 39.7 Å². The third-order valence-electron chi connectivity index (χ3n) is 2.70. The van der Waals surface area contributed by atoms with Gasteiger partial charge >= 0.3 is 0 Å². The predicted molar refractivity (Wildman–Crippen MR) is 67.1 cm³/mol. The molecule has 2 rings (SSSR count). The molecular weight excluding hydrogens is 256 g/mol. The van der Waals surface area contributed by atoms with Crippen molar-refractivity contribution in [3.63, 3.8) is 0 Å². The number of rotatable bonds is 4. The van der Waals surface area contributed by atoms with Gasteiger partial charge in [-0.2, -0.15) is 0 Å². The average Bonchev–Trinajstić information content (AvgIpc) is 2.72. The smallest absolute Gasteiger partial charge is 0.269 e. The monoisotopic (exact) mass is 268 g/mol. The number of carbonyl (C=O) groups excluding carboxylic acids is 1. The fourth-order valence-corrected chi connectivity index (χ4v) is 3.06. The first-order chi connectivity index (χ1) is 8.63. The highest BCUT2D eigenvalue weighted by molar-refractivity contribution is 8.00. The molecular formula is C11H12N2O4S. The Hall–Kier alpha value is -1.60. The van der Waals surface area contributed by atoms with Crippen molar-refractivity contribution in [1.82, 2.24) is 4.90 Å². The van der Waals surface area contributed by atoms with Crippen LogP contribution < -0.4 is 0 Å². The zero-order valence-corrected chi connectivity index (χ0v) is 10.3. The van der Waals surface area contributed by atoms with Gasteiger partial charge in [-0.1, -0.05) is 0 Å². The standard InChI is InChI=1S/C11H12N2O4S/c14-6-5-12-10(15)7-18-11(12)8-1-3-9(4-2-8)13(16)17/h1-4,11,14H,5-7H2/t11-/m1/s1. The van der Waals surface area contributed by atoms with E-state index in [1.807, 2.05) is 0 Å². The number of nitro groups is 1. The molecule has 1 saturated heterocycles. The number of aliphatic hydroxyl groups is 1. The molecule has 1 aliphatic heterocycles. The Kier molecular flexibility index (Phi) is 3.83. The van der Waals surface area contributed by atoms with Gasteiger partial charge in [0, 0.05) is 18.7 Å². The molecule has 1 amide bonds. The number of hydrogen-bond donors (Lipinski definition) is 1. The summed E-state index contributed by atoms with van der Waals surface area (Å²) in [5.41, 5.74) is 0.867. The van der Waals surface area contributed by atoms with Crippen LogP contribution in [0.15, 0.2) is 24.3 Å². The van der Waals surface area contributed by atoms with Gasteiger partial charge in [0.1, 0.15) is 5.37 Å². The molecule has 0 bridgehead atoms. The normalized spacial score (nSPS) is 19.3. The van der Waals surface area contributed by atoms with Gasteiger partial charge in [0.05, 0.1) is 17.3 Å². The van der Waals surface area contributed by atoms with Gasteiger partial charge in [-0.25, -0.2) is 0 Å². The Morgan fingerprint density at radius 3 is 2.67 bits per heavy atom. The van der Waals surface area contributed by atoms with Crippen LogP contribution >= 0.6 is 11.8 Å². The van der Waals surface area contributed by atoms with E-state index in [1.165, 1.54) is 23.9 Å². The molecule has 7 heteroatoms. The van der Waals surface area contributed by atoms with Crippen molar-refractivity contribution >= 4 is 23.4 Å². The summed E-state index contributed by atoms with van der Waals surface area (Å²) >= 11 is 1.46.